The summed E-state index contributed by atoms with van der Waals surface area (Å²) in [5, 5.41) is 16.6. The Hall–Kier alpha value is -1.97. The second kappa shape index (κ2) is 6.46. The largest absolute Gasteiger partial charge is 0.364 e. The number of sulfone groups is 1. The maximum absolute atomic E-state index is 11.2. The monoisotopic (exact) mass is 303 g/mol. The van der Waals surface area contributed by atoms with E-state index in [0.717, 1.165) is 6.26 Å². The van der Waals surface area contributed by atoms with Crippen LogP contribution < -0.4 is 10.6 Å². The number of hydrogen-bond acceptors (Lipinski definition) is 8. The number of nitrogens with one attached hydrogen (secondary N) is 2. The van der Waals surface area contributed by atoms with Gasteiger partial charge in [0.1, 0.15) is 16.2 Å². The van der Waals surface area contributed by atoms with Crippen molar-refractivity contribution in [2.75, 3.05) is 29.2 Å². The van der Waals surface area contributed by atoms with E-state index in [9.17, 15) is 18.5 Å². The van der Waals surface area contributed by atoms with Gasteiger partial charge >= 0.3 is 5.69 Å². The molecule has 1 rings (SSSR count). The van der Waals surface area contributed by atoms with E-state index in [1.54, 1.807) is 13.8 Å². The second-order valence-corrected chi connectivity index (χ2v) is 6.53. The molecule has 1 atom stereocenters. The molecule has 0 amide bonds. The molecule has 0 aliphatic rings. The van der Waals surface area contributed by atoms with Gasteiger partial charge in [-0.1, -0.05) is 0 Å². The molecule has 1 aromatic rings. The van der Waals surface area contributed by atoms with Crippen LogP contribution in [0, 0.1) is 10.1 Å². The van der Waals surface area contributed by atoms with Crippen molar-refractivity contribution in [3.63, 3.8) is 0 Å². The zero-order chi connectivity index (χ0) is 15.3. The van der Waals surface area contributed by atoms with Crippen LogP contribution >= 0.6 is 0 Å². The zero-order valence-electron chi connectivity index (χ0n) is 11.5. The summed E-state index contributed by atoms with van der Waals surface area (Å²) in [6.45, 7) is 3.86. The molecule has 0 bridgehead atoms. The molecule has 0 aromatic carbocycles. The molecule has 0 aliphatic carbocycles. The lowest BCUT2D eigenvalue weighted by Gasteiger charge is -2.14. The van der Waals surface area contributed by atoms with Crippen LogP contribution in [0.1, 0.15) is 13.8 Å². The lowest BCUT2D eigenvalue weighted by molar-refractivity contribution is -0.383. The number of nitrogens with zero attached hydrogens (tertiary/aromatic N) is 3. The first-order valence-corrected chi connectivity index (χ1v) is 7.98. The van der Waals surface area contributed by atoms with Gasteiger partial charge in [0.2, 0.25) is 11.6 Å². The van der Waals surface area contributed by atoms with E-state index < -0.39 is 20.8 Å². The SMILES string of the molecule is CCNc1ncnc(NC(C)CS(C)(=O)=O)c1[N+](=O)[O-]. The molecule has 0 radical (unpaired) electrons. The lowest BCUT2D eigenvalue weighted by Crippen LogP contribution is -2.26. The molecule has 112 valence electrons. The third kappa shape index (κ3) is 4.61. The van der Waals surface area contributed by atoms with E-state index in [4.69, 9.17) is 0 Å². The fourth-order valence-electron chi connectivity index (χ4n) is 1.68. The fraction of sp³-hybridized carbons (Fsp3) is 0.600. The molecule has 20 heavy (non-hydrogen) atoms. The van der Waals surface area contributed by atoms with E-state index in [-0.39, 0.29) is 23.1 Å². The molecule has 9 nitrogen and oxygen atoms in total. The van der Waals surface area contributed by atoms with Crippen LogP contribution in [-0.4, -0.2) is 47.9 Å². The topological polar surface area (TPSA) is 127 Å². The van der Waals surface area contributed by atoms with Crippen molar-refractivity contribution in [3.05, 3.63) is 16.4 Å². The average Bonchev–Trinajstić information content (AvgIpc) is 2.26. The predicted molar refractivity (Wildman–Crippen MR) is 75.6 cm³/mol. The van der Waals surface area contributed by atoms with Crippen LogP contribution in [0.2, 0.25) is 0 Å². The third-order valence-electron chi connectivity index (χ3n) is 2.28. The third-order valence-corrected chi connectivity index (χ3v) is 3.39. The maximum atomic E-state index is 11.2. The van der Waals surface area contributed by atoms with Gasteiger partial charge in [0.15, 0.2) is 0 Å². The second-order valence-electron chi connectivity index (χ2n) is 4.34. The summed E-state index contributed by atoms with van der Waals surface area (Å²) in [5.74, 6) is -0.0521. The van der Waals surface area contributed by atoms with Gasteiger partial charge in [-0.15, -0.1) is 0 Å². The van der Waals surface area contributed by atoms with Crippen LogP contribution in [-0.2, 0) is 9.84 Å². The van der Waals surface area contributed by atoms with Gasteiger partial charge in [0.05, 0.1) is 10.7 Å². The highest BCUT2D eigenvalue weighted by atomic mass is 32.2. The highest BCUT2D eigenvalue weighted by molar-refractivity contribution is 7.90. The van der Waals surface area contributed by atoms with E-state index in [1.807, 2.05) is 0 Å². The summed E-state index contributed by atoms with van der Waals surface area (Å²) in [6, 6.07) is -0.506. The molecule has 0 fully saturated rings. The lowest BCUT2D eigenvalue weighted by atomic mass is 10.3. The number of nitro groups is 1. The van der Waals surface area contributed by atoms with Crippen LogP contribution in [0.25, 0.3) is 0 Å². The normalized spacial score (nSPS) is 12.8. The zero-order valence-corrected chi connectivity index (χ0v) is 12.3. The highest BCUT2D eigenvalue weighted by Gasteiger charge is 2.24. The first-order valence-electron chi connectivity index (χ1n) is 5.92. The Labute approximate surface area is 116 Å². The number of hydrogen-bond donors (Lipinski definition) is 2. The van der Waals surface area contributed by atoms with Crippen molar-refractivity contribution in [1.82, 2.24) is 9.97 Å². The maximum Gasteiger partial charge on any atom is 0.353 e. The molecule has 1 unspecified atom stereocenters. The molecule has 0 saturated heterocycles. The highest BCUT2D eigenvalue weighted by Crippen LogP contribution is 2.29. The smallest absolute Gasteiger partial charge is 0.353 e. The Morgan fingerprint density at radius 1 is 1.40 bits per heavy atom. The minimum Gasteiger partial charge on any atom is -0.364 e. The Kier molecular flexibility index (Phi) is 5.19. The van der Waals surface area contributed by atoms with Gasteiger partial charge in [-0.3, -0.25) is 10.1 Å². The molecular weight excluding hydrogens is 286 g/mol. The molecule has 2 N–H and O–H groups in total. The number of rotatable bonds is 7. The van der Waals surface area contributed by atoms with Gasteiger partial charge < -0.3 is 10.6 Å². The summed E-state index contributed by atoms with van der Waals surface area (Å²) in [5.41, 5.74) is -0.297. The van der Waals surface area contributed by atoms with Crippen LogP contribution in [0.4, 0.5) is 17.3 Å². The Morgan fingerprint density at radius 3 is 2.50 bits per heavy atom. The van der Waals surface area contributed by atoms with Crippen molar-refractivity contribution in [3.8, 4) is 0 Å². The molecule has 1 aromatic heterocycles. The first kappa shape index (κ1) is 16.1. The van der Waals surface area contributed by atoms with Crippen molar-refractivity contribution in [1.29, 1.82) is 0 Å². The van der Waals surface area contributed by atoms with E-state index >= 15 is 0 Å². The van der Waals surface area contributed by atoms with Crippen LogP contribution in [0.15, 0.2) is 6.33 Å². The Balaban J connectivity index is 3.05. The fourth-order valence-corrected chi connectivity index (χ4v) is 2.67. The first-order chi connectivity index (χ1) is 9.24. The summed E-state index contributed by atoms with van der Waals surface area (Å²) in [4.78, 5) is 18.1. The van der Waals surface area contributed by atoms with Gasteiger partial charge in [-0.25, -0.2) is 18.4 Å². The summed E-state index contributed by atoms with van der Waals surface area (Å²) < 4.78 is 22.4. The van der Waals surface area contributed by atoms with Crippen LogP contribution in [0.5, 0.6) is 0 Å². The standard InChI is InChI=1S/C10H17N5O4S/c1-4-11-9-8(15(16)17)10(13-6-12-9)14-7(2)5-20(3,18)19/h6-7H,4-5H2,1-3H3,(H2,11,12,13,14). The molecular formula is C10H17N5O4S. The average molecular weight is 303 g/mol. The van der Waals surface area contributed by atoms with Gasteiger partial charge in [0, 0.05) is 18.8 Å². The van der Waals surface area contributed by atoms with E-state index in [2.05, 4.69) is 20.6 Å². The predicted octanol–water partition coefficient (Wildman–Crippen LogP) is 0.662. The van der Waals surface area contributed by atoms with Crippen molar-refractivity contribution < 1.29 is 13.3 Å². The van der Waals surface area contributed by atoms with E-state index in [0.29, 0.717) is 6.54 Å². The van der Waals surface area contributed by atoms with Gasteiger partial charge in [0.25, 0.3) is 0 Å². The minimum absolute atomic E-state index is 0.00269. The van der Waals surface area contributed by atoms with Crippen molar-refractivity contribution >= 4 is 27.2 Å². The van der Waals surface area contributed by atoms with Crippen molar-refractivity contribution in [2.24, 2.45) is 0 Å². The summed E-state index contributed by atoms with van der Waals surface area (Å²) >= 11 is 0. The minimum atomic E-state index is -3.19. The molecule has 0 saturated carbocycles. The van der Waals surface area contributed by atoms with Crippen LogP contribution in [0.3, 0.4) is 0 Å². The molecule has 10 heteroatoms. The summed E-state index contributed by atoms with van der Waals surface area (Å²) in [7, 11) is -3.19. The quantitative estimate of drug-likeness (QED) is 0.555. The number of aromatic nitrogens is 2. The molecule has 0 spiro atoms. The Morgan fingerprint density at radius 2 is 2.00 bits per heavy atom. The van der Waals surface area contributed by atoms with E-state index in [1.165, 1.54) is 6.33 Å². The molecule has 0 aliphatic heterocycles. The van der Waals surface area contributed by atoms with Gasteiger partial charge in [-0.05, 0) is 13.8 Å². The Bertz CT molecular complexity index is 589. The number of anilines is 2. The van der Waals surface area contributed by atoms with Crippen molar-refractivity contribution in [2.45, 2.75) is 19.9 Å². The van der Waals surface area contributed by atoms with Gasteiger partial charge in [-0.2, -0.15) is 0 Å². The molecule has 1 heterocycles. The summed E-state index contributed by atoms with van der Waals surface area (Å²) in [6.07, 6.45) is 2.28.